The van der Waals surface area contributed by atoms with E-state index in [9.17, 15) is 13.2 Å². The zero-order valence-corrected chi connectivity index (χ0v) is 8.88. The molecule has 2 nitrogen and oxygen atoms in total. The Morgan fingerprint density at radius 1 is 1.38 bits per heavy atom. The predicted octanol–water partition coefficient (Wildman–Crippen LogP) is 1.85. The molecule has 0 aliphatic rings. The minimum absolute atomic E-state index is 0.215. The quantitative estimate of drug-likeness (QED) is 0.813. The van der Waals surface area contributed by atoms with Crippen LogP contribution in [-0.4, -0.2) is 24.2 Å². The van der Waals surface area contributed by atoms with Crippen LogP contribution in [0, 0.1) is 12.7 Å². The fourth-order valence-corrected chi connectivity index (χ4v) is 1.27. The molecule has 1 atom stereocenters. The average Bonchev–Trinajstić information content (AvgIpc) is 2.22. The van der Waals surface area contributed by atoms with Gasteiger partial charge in [0.25, 0.3) is 6.43 Å². The van der Waals surface area contributed by atoms with Crippen LogP contribution >= 0.6 is 0 Å². The van der Waals surface area contributed by atoms with Gasteiger partial charge in [0.05, 0.1) is 0 Å². The summed E-state index contributed by atoms with van der Waals surface area (Å²) >= 11 is 0. The van der Waals surface area contributed by atoms with Gasteiger partial charge in [-0.25, -0.2) is 13.2 Å². The lowest BCUT2D eigenvalue weighted by molar-refractivity contribution is -0.00341. The van der Waals surface area contributed by atoms with Crippen molar-refractivity contribution in [2.75, 3.05) is 6.54 Å². The standard InChI is InChI=1S/C11H14F3NO/c1-7-2-3-9(12)4-8(7)5-15-6-10(16)11(13)14/h2-4,10-11,15-16H,5-6H2,1H3. The van der Waals surface area contributed by atoms with Crippen molar-refractivity contribution in [2.24, 2.45) is 0 Å². The zero-order chi connectivity index (χ0) is 12.1. The van der Waals surface area contributed by atoms with Crippen LogP contribution in [0.3, 0.4) is 0 Å². The van der Waals surface area contributed by atoms with Gasteiger partial charge in [-0.3, -0.25) is 0 Å². The monoisotopic (exact) mass is 233 g/mol. The van der Waals surface area contributed by atoms with E-state index in [-0.39, 0.29) is 18.9 Å². The van der Waals surface area contributed by atoms with Crippen LogP contribution < -0.4 is 5.32 Å². The van der Waals surface area contributed by atoms with Crippen LogP contribution in [0.1, 0.15) is 11.1 Å². The molecule has 0 saturated carbocycles. The summed E-state index contributed by atoms with van der Waals surface area (Å²) in [4.78, 5) is 0. The molecular weight excluding hydrogens is 219 g/mol. The molecule has 2 N–H and O–H groups in total. The fourth-order valence-electron chi connectivity index (χ4n) is 1.27. The van der Waals surface area contributed by atoms with E-state index < -0.39 is 12.5 Å². The van der Waals surface area contributed by atoms with Crippen molar-refractivity contribution in [2.45, 2.75) is 26.0 Å². The maximum absolute atomic E-state index is 12.9. The Balaban J connectivity index is 2.45. The zero-order valence-electron chi connectivity index (χ0n) is 8.88. The van der Waals surface area contributed by atoms with E-state index in [0.29, 0.717) is 5.56 Å². The number of alkyl halides is 2. The minimum Gasteiger partial charge on any atom is -0.386 e. The van der Waals surface area contributed by atoms with Gasteiger partial charge in [0, 0.05) is 13.1 Å². The van der Waals surface area contributed by atoms with Crippen LogP contribution in [0.25, 0.3) is 0 Å². The molecule has 0 bridgehead atoms. The molecule has 0 heterocycles. The van der Waals surface area contributed by atoms with E-state index >= 15 is 0 Å². The lowest BCUT2D eigenvalue weighted by Crippen LogP contribution is -2.31. The maximum Gasteiger partial charge on any atom is 0.265 e. The second-order valence-corrected chi connectivity index (χ2v) is 3.60. The van der Waals surface area contributed by atoms with Crippen molar-refractivity contribution >= 4 is 0 Å². The molecule has 1 rings (SSSR count). The summed E-state index contributed by atoms with van der Waals surface area (Å²) in [5.74, 6) is -0.364. The number of hydrogen-bond donors (Lipinski definition) is 2. The van der Waals surface area contributed by atoms with E-state index in [1.165, 1.54) is 12.1 Å². The first-order valence-corrected chi connectivity index (χ1v) is 4.92. The van der Waals surface area contributed by atoms with Gasteiger partial charge in [0.15, 0.2) is 0 Å². The summed E-state index contributed by atoms with van der Waals surface area (Å²) < 4.78 is 36.8. The summed E-state index contributed by atoms with van der Waals surface area (Å²) in [7, 11) is 0. The van der Waals surface area contributed by atoms with E-state index in [1.54, 1.807) is 13.0 Å². The van der Waals surface area contributed by atoms with Crippen molar-refractivity contribution in [3.63, 3.8) is 0 Å². The van der Waals surface area contributed by atoms with Crippen molar-refractivity contribution in [3.05, 3.63) is 35.1 Å². The SMILES string of the molecule is Cc1ccc(F)cc1CNCC(O)C(F)F. The van der Waals surface area contributed by atoms with Crippen LogP contribution in [-0.2, 0) is 6.54 Å². The molecule has 0 radical (unpaired) electrons. The number of hydrogen-bond acceptors (Lipinski definition) is 2. The molecule has 1 aromatic rings. The Hall–Kier alpha value is -1.07. The van der Waals surface area contributed by atoms with Gasteiger partial charge in [-0.05, 0) is 30.2 Å². The van der Waals surface area contributed by atoms with Crippen molar-refractivity contribution in [3.8, 4) is 0 Å². The van der Waals surface area contributed by atoms with Gasteiger partial charge >= 0.3 is 0 Å². The molecule has 0 aliphatic carbocycles. The molecule has 16 heavy (non-hydrogen) atoms. The number of rotatable bonds is 5. The number of halogens is 3. The minimum atomic E-state index is -2.76. The Bertz CT molecular complexity index is 344. The van der Waals surface area contributed by atoms with Crippen LogP contribution in [0.15, 0.2) is 18.2 Å². The summed E-state index contributed by atoms with van der Waals surface area (Å²) in [5.41, 5.74) is 1.57. The summed E-state index contributed by atoms with van der Waals surface area (Å²) in [5, 5.41) is 11.5. The number of benzene rings is 1. The lowest BCUT2D eigenvalue weighted by Gasteiger charge is -2.11. The molecule has 0 spiro atoms. The predicted molar refractivity (Wildman–Crippen MR) is 54.9 cm³/mol. The number of aryl methyl sites for hydroxylation is 1. The second-order valence-electron chi connectivity index (χ2n) is 3.60. The largest absolute Gasteiger partial charge is 0.386 e. The highest BCUT2D eigenvalue weighted by Crippen LogP contribution is 2.10. The van der Waals surface area contributed by atoms with Gasteiger partial charge < -0.3 is 10.4 Å². The van der Waals surface area contributed by atoms with Crippen LogP contribution in [0.4, 0.5) is 13.2 Å². The average molecular weight is 233 g/mol. The summed E-state index contributed by atoms with van der Waals surface area (Å²) in [6.45, 7) is 1.85. The number of aliphatic hydroxyl groups is 1. The summed E-state index contributed by atoms with van der Waals surface area (Å²) in [6.07, 6.45) is -4.45. The smallest absolute Gasteiger partial charge is 0.265 e. The Kier molecular flexibility index (Phi) is 4.76. The first-order valence-electron chi connectivity index (χ1n) is 4.92. The third-order valence-electron chi connectivity index (χ3n) is 2.27. The molecular formula is C11H14F3NO. The number of aliphatic hydroxyl groups excluding tert-OH is 1. The molecule has 0 aromatic heterocycles. The lowest BCUT2D eigenvalue weighted by atomic mass is 10.1. The van der Waals surface area contributed by atoms with E-state index in [2.05, 4.69) is 5.32 Å². The van der Waals surface area contributed by atoms with Crippen LogP contribution in [0.2, 0.25) is 0 Å². The van der Waals surface area contributed by atoms with E-state index in [1.807, 2.05) is 0 Å². The fraction of sp³-hybridized carbons (Fsp3) is 0.455. The summed E-state index contributed by atoms with van der Waals surface area (Å²) in [6, 6.07) is 4.31. The third-order valence-corrected chi connectivity index (χ3v) is 2.27. The molecule has 90 valence electrons. The highest BCUT2D eigenvalue weighted by molar-refractivity contribution is 5.26. The Labute approximate surface area is 92.1 Å². The van der Waals surface area contributed by atoms with E-state index in [4.69, 9.17) is 5.11 Å². The van der Waals surface area contributed by atoms with Crippen molar-refractivity contribution in [1.82, 2.24) is 5.32 Å². The first-order chi connectivity index (χ1) is 7.50. The molecule has 0 fully saturated rings. The first kappa shape index (κ1) is 13.0. The highest BCUT2D eigenvalue weighted by atomic mass is 19.3. The molecule has 1 aromatic carbocycles. The van der Waals surface area contributed by atoms with Gasteiger partial charge in [0.1, 0.15) is 11.9 Å². The molecule has 0 saturated heterocycles. The Morgan fingerprint density at radius 3 is 2.69 bits per heavy atom. The van der Waals surface area contributed by atoms with Gasteiger partial charge in [-0.15, -0.1) is 0 Å². The molecule has 5 heteroatoms. The molecule has 0 aliphatic heterocycles. The topological polar surface area (TPSA) is 32.3 Å². The molecule has 1 unspecified atom stereocenters. The van der Waals surface area contributed by atoms with Gasteiger partial charge in [-0.1, -0.05) is 6.07 Å². The highest BCUT2D eigenvalue weighted by Gasteiger charge is 2.15. The molecule has 0 amide bonds. The third kappa shape index (κ3) is 3.83. The van der Waals surface area contributed by atoms with E-state index in [0.717, 1.165) is 5.56 Å². The van der Waals surface area contributed by atoms with Gasteiger partial charge in [0.2, 0.25) is 0 Å². The van der Waals surface area contributed by atoms with Gasteiger partial charge in [-0.2, -0.15) is 0 Å². The Morgan fingerprint density at radius 2 is 2.06 bits per heavy atom. The number of nitrogens with one attached hydrogen (secondary N) is 1. The van der Waals surface area contributed by atoms with Crippen LogP contribution in [0.5, 0.6) is 0 Å². The second kappa shape index (κ2) is 5.86. The normalized spacial score (nSPS) is 13.1. The van der Waals surface area contributed by atoms with Crippen molar-refractivity contribution < 1.29 is 18.3 Å². The maximum atomic E-state index is 12.9. The van der Waals surface area contributed by atoms with Crippen molar-refractivity contribution in [1.29, 1.82) is 0 Å².